The molecule has 4 nitrogen and oxygen atoms in total. The highest BCUT2D eigenvalue weighted by atomic mass is 35.5. The molecule has 0 heterocycles. The third kappa shape index (κ3) is 7.43. The number of rotatable bonds is 9. The van der Waals surface area contributed by atoms with Gasteiger partial charge in [-0.2, -0.15) is 0 Å². The summed E-state index contributed by atoms with van der Waals surface area (Å²) < 4.78 is 0. The van der Waals surface area contributed by atoms with Crippen molar-refractivity contribution in [3.63, 3.8) is 0 Å². The normalized spacial score (nSPS) is 14.8. The van der Waals surface area contributed by atoms with Gasteiger partial charge in [-0.25, -0.2) is 0 Å². The molecule has 5 heteroatoms. The van der Waals surface area contributed by atoms with Crippen LogP contribution in [0.15, 0.2) is 84.9 Å². The Morgan fingerprint density at radius 2 is 1.40 bits per heavy atom. The van der Waals surface area contributed by atoms with Gasteiger partial charge in [-0.15, -0.1) is 0 Å². The van der Waals surface area contributed by atoms with Crippen molar-refractivity contribution in [2.75, 3.05) is 0 Å². The molecule has 1 aliphatic rings. The molecule has 35 heavy (non-hydrogen) atoms. The molecule has 0 saturated heterocycles. The molecule has 0 radical (unpaired) electrons. The van der Waals surface area contributed by atoms with E-state index in [4.69, 9.17) is 11.6 Å². The Kier molecular flexibility index (Phi) is 8.96. The van der Waals surface area contributed by atoms with Crippen molar-refractivity contribution >= 4 is 23.4 Å². The Labute approximate surface area is 213 Å². The van der Waals surface area contributed by atoms with Crippen LogP contribution in [0.1, 0.15) is 48.8 Å². The Morgan fingerprint density at radius 3 is 2.03 bits per heavy atom. The molecule has 1 aliphatic carbocycles. The standard InChI is InChI=1S/C30H33ClN2O2/c31-26-18-16-25(17-19-26)22-33(29(34)21-24-12-6-2-7-13-24)28(20-23-10-4-1-5-11-23)30(35)32-27-14-8-3-9-15-27/h1-2,4-7,10-13,16-19,27-28H,3,8-9,14-15,20-22H2,(H,32,35). The van der Waals surface area contributed by atoms with Crippen LogP contribution in [0.2, 0.25) is 5.02 Å². The van der Waals surface area contributed by atoms with Crippen LogP contribution in [0.25, 0.3) is 0 Å². The minimum absolute atomic E-state index is 0.0640. The van der Waals surface area contributed by atoms with Gasteiger partial charge in [-0.05, 0) is 41.7 Å². The molecule has 0 bridgehead atoms. The molecule has 4 rings (SSSR count). The smallest absolute Gasteiger partial charge is 0.243 e. The SMILES string of the molecule is O=C(NC1CCCCC1)C(Cc1ccccc1)N(Cc1ccc(Cl)cc1)C(=O)Cc1ccccc1. The molecule has 0 spiro atoms. The fraction of sp³-hybridized carbons (Fsp3) is 0.333. The largest absolute Gasteiger partial charge is 0.352 e. The predicted molar refractivity (Wildman–Crippen MR) is 141 cm³/mol. The fourth-order valence-electron chi connectivity index (χ4n) is 4.76. The zero-order valence-electron chi connectivity index (χ0n) is 20.0. The highest BCUT2D eigenvalue weighted by Gasteiger charge is 2.31. The van der Waals surface area contributed by atoms with Crippen LogP contribution in [-0.2, 0) is 29.0 Å². The molecular weight excluding hydrogens is 456 g/mol. The van der Waals surface area contributed by atoms with Crippen LogP contribution in [0.3, 0.4) is 0 Å². The third-order valence-electron chi connectivity index (χ3n) is 6.69. The summed E-state index contributed by atoms with van der Waals surface area (Å²) in [6.45, 7) is 0.346. The summed E-state index contributed by atoms with van der Waals surface area (Å²) in [5, 5.41) is 3.92. The maximum atomic E-state index is 13.7. The second-order valence-electron chi connectivity index (χ2n) is 9.36. The number of carbonyl (C=O) groups excluding carboxylic acids is 2. The van der Waals surface area contributed by atoms with Gasteiger partial charge in [0.2, 0.25) is 11.8 Å². The van der Waals surface area contributed by atoms with E-state index >= 15 is 0 Å². The van der Waals surface area contributed by atoms with Crippen molar-refractivity contribution < 1.29 is 9.59 Å². The topological polar surface area (TPSA) is 49.4 Å². The Balaban J connectivity index is 1.63. The number of hydrogen-bond donors (Lipinski definition) is 1. The summed E-state index contributed by atoms with van der Waals surface area (Å²) in [4.78, 5) is 29.2. The molecule has 0 aromatic heterocycles. The number of hydrogen-bond acceptors (Lipinski definition) is 2. The van der Waals surface area contributed by atoms with Gasteiger partial charge < -0.3 is 10.2 Å². The van der Waals surface area contributed by atoms with Gasteiger partial charge in [-0.3, -0.25) is 9.59 Å². The van der Waals surface area contributed by atoms with Crippen molar-refractivity contribution in [3.05, 3.63) is 107 Å². The molecule has 2 amide bonds. The molecule has 182 valence electrons. The average molecular weight is 489 g/mol. The van der Waals surface area contributed by atoms with Crippen LogP contribution < -0.4 is 5.32 Å². The molecule has 3 aromatic carbocycles. The predicted octanol–water partition coefficient (Wildman–Crippen LogP) is 5.97. The first-order valence-corrected chi connectivity index (χ1v) is 12.9. The molecule has 1 unspecified atom stereocenters. The first kappa shape index (κ1) is 25.0. The summed E-state index contributed by atoms with van der Waals surface area (Å²) in [6, 6.07) is 26.7. The number of nitrogens with zero attached hydrogens (tertiary/aromatic N) is 1. The Bertz CT molecular complexity index is 1080. The van der Waals surface area contributed by atoms with E-state index in [0.29, 0.717) is 18.0 Å². The number of nitrogens with one attached hydrogen (secondary N) is 1. The van der Waals surface area contributed by atoms with E-state index in [-0.39, 0.29) is 24.3 Å². The summed E-state index contributed by atoms with van der Waals surface area (Å²) in [7, 11) is 0. The highest BCUT2D eigenvalue weighted by Crippen LogP contribution is 2.21. The van der Waals surface area contributed by atoms with Crippen LogP contribution in [-0.4, -0.2) is 28.8 Å². The Hall–Kier alpha value is -3.11. The van der Waals surface area contributed by atoms with Gasteiger partial charge in [0, 0.05) is 24.0 Å². The zero-order valence-corrected chi connectivity index (χ0v) is 20.8. The summed E-state index contributed by atoms with van der Waals surface area (Å²) >= 11 is 6.10. The summed E-state index contributed by atoms with van der Waals surface area (Å²) in [6.07, 6.45) is 6.20. The summed E-state index contributed by atoms with van der Waals surface area (Å²) in [5.74, 6) is -0.137. The van der Waals surface area contributed by atoms with E-state index in [1.54, 1.807) is 4.90 Å². The molecular formula is C30H33ClN2O2. The van der Waals surface area contributed by atoms with Crippen molar-refractivity contribution in [3.8, 4) is 0 Å². The molecule has 1 N–H and O–H groups in total. The van der Waals surface area contributed by atoms with Crippen LogP contribution in [0, 0.1) is 0 Å². The monoisotopic (exact) mass is 488 g/mol. The van der Waals surface area contributed by atoms with E-state index in [2.05, 4.69) is 5.32 Å². The first-order chi connectivity index (χ1) is 17.1. The van der Waals surface area contributed by atoms with Crippen molar-refractivity contribution in [2.24, 2.45) is 0 Å². The average Bonchev–Trinajstić information content (AvgIpc) is 2.89. The minimum atomic E-state index is -0.605. The molecule has 3 aromatic rings. The van der Waals surface area contributed by atoms with Crippen molar-refractivity contribution in [2.45, 2.75) is 63.6 Å². The number of benzene rings is 3. The highest BCUT2D eigenvalue weighted by molar-refractivity contribution is 6.30. The van der Waals surface area contributed by atoms with E-state index in [9.17, 15) is 9.59 Å². The van der Waals surface area contributed by atoms with E-state index in [1.807, 2.05) is 84.9 Å². The second kappa shape index (κ2) is 12.6. The lowest BCUT2D eigenvalue weighted by molar-refractivity contribution is -0.141. The van der Waals surface area contributed by atoms with E-state index < -0.39 is 6.04 Å². The Morgan fingerprint density at radius 1 is 0.800 bits per heavy atom. The number of halogens is 1. The maximum Gasteiger partial charge on any atom is 0.243 e. The van der Waals surface area contributed by atoms with E-state index in [1.165, 1.54) is 6.42 Å². The number of amides is 2. The lowest BCUT2D eigenvalue weighted by Crippen LogP contribution is -2.53. The minimum Gasteiger partial charge on any atom is -0.352 e. The van der Waals surface area contributed by atoms with Gasteiger partial charge in [0.1, 0.15) is 6.04 Å². The maximum absolute atomic E-state index is 13.7. The van der Waals surface area contributed by atoms with Gasteiger partial charge in [0.15, 0.2) is 0 Å². The van der Waals surface area contributed by atoms with Crippen LogP contribution in [0.5, 0.6) is 0 Å². The third-order valence-corrected chi connectivity index (χ3v) is 6.94. The fourth-order valence-corrected chi connectivity index (χ4v) is 4.88. The van der Waals surface area contributed by atoms with Crippen molar-refractivity contribution in [1.82, 2.24) is 10.2 Å². The van der Waals surface area contributed by atoms with Crippen LogP contribution in [0.4, 0.5) is 0 Å². The lowest BCUT2D eigenvalue weighted by Gasteiger charge is -2.33. The van der Waals surface area contributed by atoms with Crippen LogP contribution >= 0.6 is 11.6 Å². The van der Waals surface area contributed by atoms with Gasteiger partial charge >= 0.3 is 0 Å². The van der Waals surface area contributed by atoms with Gasteiger partial charge in [0.05, 0.1) is 6.42 Å². The molecule has 1 saturated carbocycles. The molecule has 0 aliphatic heterocycles. The van der Waals surface area contributed by atoms with Gasteiger partial charge in [0.25, 0.3) is 0 Å². The lowest BCUT2D eigenvalue weighted by atomic mass is 9.94. The zero-order chi connectivity index (χ0) is 24.5. The van der Waals surface area contributed by atoms with Gasteiger partial charge in [-0.1, -0.05) is 104 Å². The molecule has 1 fully saturated rings. The number of carbonyl (C=O) groups is 2. The molecule has 1 atom stereocenters. The second-order valence-corrected chi connectivity index (χ2v) is 9.80. The first-order valence-electron chi connectivity index (χ1n) is 12.5. The van der Waals surface area contributed by atoms with E-state index in [0.717, 1.165) is 42.4 Å². The summed E-state index contributed by atoms with van der Waals surface area (Å²) in [5.41, 5.74) is 2.91. The quantitative estimate of drug-likeness (QED) is 0.403. The van der Waals surface area contributed by atoms with Crippen molar-refractivity contribution in [1.29, 1.82) is 0 Å².